The molecule has 3 aromatic rings. The number of aliphatic hydroxyl groups excluding tert-OH is 1. The third-order valence-corrected chi connectivity index (χ3v) is 9.48. The lowest BCUT2D eigenvalue weighted by molar-refractivity contribution is 0.320. The van der Waals surface area contributed by atoms with Gasteiger partial charge in [0.2, 0.25) is 16.0 Å². The van der Waals surface area contributed by atoms with E-state index in [2.05, 4.69) is 29.8 Å². The largest absolute Gasteiger partial charge is 0.395 e. The van der Waals surface area contributed by atoms with Crippen LogP contribution in [0, 0.1) is 12.3 Å². The molecule has 0 unspecified atom stereocenters. The Morgan fingerprint density at radius 3 is 2.41 bits per heavy atom. The molecule has 2 saturated heterocycles. The van der Waals surface area contributed by atoms with Crippen molar-refractivity contribution in [1.29, 1.82) is 0 Å². The second-order valence-corrected chi connectivity index (χ2v) is 13.0. The molecule has 0 atom stereocenters. The van der Waals surface area contributed by atoms with Gasteiger partial charge in [-0.05, 0) is 81.5 Å². The molecule has 0 radical (unpaired) electrons. The Morgan fingerprint density at radius 2 is 1.69 bits per heavy atom. The number of aromatic nitrogens is 5. The van der Waals surface area contributed by atoms with E-state index in [4.69, 9.17) is 10.1 Å². The summed E-state index contributed by atoms with van der Waals surface area (Å²) in [5.41, 5.74) is 4.98. The predicted molar refractivity (Wildman–Crippen MR) is 151 cm³/mol. The van der Waals surface area contributed by atoms with Gasteiger partial charge < -0.3 is 14.9 Å². The van der Waals surface area contributed by atoms with E-state index in [9.17, 15) is 8.42 Å². The van der Waals surface area contributed by atoms with Gasteiger partial charge in [-0.25, -0.2) is 23.1 Å². The number of rotatable bonds is 8. The van der Waals surface area contributed by atoms with Crippen molar-refractivity contribution >= 4 is 27.3 Å². The molecule has 3 aliphatic rings. The zero-order valence-corrected chi connectivity index (χ0v) is 23.2. The summed E-state index contributed by atoms with van der Waals surface area (Å²) in [6.45, 7) is 5.28. The number of benzene rings is 1. The Morgan fingerprint density at radius 1 is 0.923 bits per heavy atom. The Bertz CT molecular complexity index is 1440. The molecule has 2 aromatic heterocycles. The van der Waals surface area contributed by atoms with Gasteiger partial charge in [-0.2, -0.15) is 0 Å². The van der Waals surface area contributed by atoms with Crippen molar-refractivity contribution in [3.8, 4) is 17.1 Å². The minimum absolute atomic E-state index is 0.347. The number of nitrogens with one attached hydrogen (secondary N) is 1. The third-order valence-electron chi connectivity index (χ3n) is 8.21. The Hall–Kier alpha value is -3.25. The van der Waals surface area contributed by atoms with Gasteiger partial charge in [-0.3, -0.25) is 4.72 Å². The fourth-order valence-electron chi connectivity index (χ4n) is 5.70. The molecule has 2 N–H and O–H groups in total. The zero-order chi connectivity index (χ0) is 27.0. The van der Waals surface area contributed by atoms with Crippen LogP contribution < -0.4 is 14.5 Å². The number of hydrogen-bond acceptors (Lipinski definition) is 9. The summed E-state index contributed by atoms with van der Waals surface area (Å²) in [6.07, 6.45) is 10.3. The molecule has 1 saturated carbocycles. The molecule has 2 aliphatic heterocycles. The molecule has 1 aliphatic carbocycles. The summed E-state index contributed by atoms with van der Waals surface area (Å²) in [6, 6.07) is 7.39. The van der Waals surface area contributed by atoms with Crippen molar-refractivity contribution in [3.63, 3.8) is 0 Å². The van der Waals surface area contributed by atoms with E-state index in [0.29, 0.717) is 16.8 Å². The molecule has 1 spiro atoms. The lowest BCUT2D eigenvalue weighted by Crippen LogP contribution is -2.35. The van der Waals surface area contributed by atoms with Gasteiger partial charge in [-0.1, -0.05) is 5.21 Å². The summed E-state index contributed by atoms with van der Waals surface area (Å²) in [5.74, 6) is 0.391. The second-order valence-electron chi connectivity index (χ2n) is 11.1. The quantitative estimate of drug-likeness (QED) is 0.433. The Labute approximate surface area is 229 Å². The summed E-state index contributed by atoms with van der Waals surface area (Å²) < 4.78 is 29.0. The van der Waals surface area contributed by atoms with E-state index in [1.165, 1.54) is 19.3 Å². The van der Waals surface area contributed by atoms with Crippen LogP contribution in [-0.2, 0) is 10.0 Å². The average molecular weight is 553 g/mol. The van der Waals surface area contributed by atoms with Crippen molar-refractivity contribution in [3.05, 3.63) is 36.2 Å². The van der Waals surface area contributed by atoms with Crippen molar-refractivity contribution in [2.75, 3.05) is 53.1 Å². The van der Waals surface area contributed by atoms with Gasteiger partial charge in [-0.15, -0.1) is 5.10 Å². The van der Waals surface area contributed by atoms with Gasteiger partial charge in [0.15, 0.2) is 0 Å². The number of hydrogen-bond donors (Lipinski definition) is 2. The summed E-state index contributed by atoms with van der Waals surface area (Å²) in [4.78, 5) is 14.1. The standard InChI is InChI=1S/C27H36N8O3S/c1-20-17-22(29-26(28-20)34-11-3-2-4-12-34)23-19-35(32-30-23)24-6-5-21(31-39(37,38)16-15-36)18-25(24)33-13-9-27(7-8-27)10-14-33/h5-6,17-19,31,36H,2-4,7-16H2,1H3. The average Bonchev–Trinajstić information content (AvgIpc) is 3.49. The maximum absolute atomic E-state index is 12.3. The highest BCUT2D eigenvalue weighted by atomic mass is 32.2. The first-order chi connectivity index (χ1) is 18.8. The molecule has 39 heavy (non-hydrogen) atoms. The van der Waals surface area contributed by atoms with Crippen LogP contribution >= 0.6 is 0 Å². The highest BCUT2D eigenvalue weighted by Crippen LogP contribution is 2.54. The fraction of sp³-hybridized carbons (Fsp3) is 0.556. The van der Waals surface area contributed by atoms with Gasteiger partial charge in [0.05, 0.1) is 41.3 Å². The molecule has 0 bridgehead atoms. The minimum Gasteiger partial charge on any atom is -0.395 e. The molecule has 4 heterocycles. The fourth-order valence-corrected chi connectivity index (χ4v) is 6.53. The smallest absolute Gasteiger partial charge is 0.234 e. The van der Waals surface area contributed by atoms with Gasteiger partial charge in [0, 0.05) is 31.9 Å². The number of anilines is 3. The van der Waals surface area contributed by atoms with Crippen LogP contribution in [-0.4, -0.2) is 77.0 Å². The van der Waals surface area contributed by atoms with Crippen molar-refractivity contribution in [2.45, 2.75) is 51.9 Å². The lowest BCUT2D eigenvalue weighted by atomic mass is 9.93. The van der Waals surface area contributed by atoms with Crippen molar-refractivity contribution in [1.82, 2.24) is 25.0 Å². The van der Waals surface area contributed by atoms with Gasteiger partial charge >= 0.3 is 0 Å². The molecular weight excluding hydrogens is 516 g/mol. The van der Waals surface area contributed by atoms with E-state index < -0.39 is 16.6 Å². The van der Waals surface area contributed by atoms with Crippen molar-refractivity contribution < 1.29 is 13.5 Å². The molecule has 0 amide bonds. The monoisotopic (exact) mass is 552 g/mol. The topological polar surface area (TPSA) is 129 Å². The van der Waals surface area contributed by atoms with Crippen LogP contribution in [0.5, 0.6) is 0 Å². The van der Waals surface area contributed by atoms with E-state index in [1.807, 2.05) is 31.3 Å². The van der Waals surface area contributed by atoms with Crippen LogP contribution in [0.3, 0.4) is 0 Å². The summed E-state index contributed by atoms with van der Waals surface area (Å²) in [7, 11) is -3.64. The Kier molecular flexibility index (Phi) is 6.92. The number of aliphatic hydroxyl groups is 1. The molecule has 208 valence electrons. The Balaban J connectivity index is 1.32. The van der Waals surface area contributed by atoms with Gasteiger partial charge in [0.1, 0.15) is 5.69 Å². The highest BCUT2D eigenvalue weighted by molar-refractivity contribution is 7.92. The summed E-state index contributed by atoms with van der Waals surface area (Å²) >= 11 is 0. The summed E-state index contributed by atoms with van der Waals surface area (Å²) in [5, 5.41) is 18.1. The first kappa shape index (κ1) is 26.0. The van der Waals surface area contributed by atoms with Crippen LogP contribution in [0.15, 0.2) is 30.5 Å². The van der Waals surface area contributed by atoms with Crippen LogP contribution in [0.1, 0.15) is 50.6 Å². The highest BCUT2D eigenvalue weighted by Gasteiger charge is 2.44. The third kappa shape index (κ3) is 5.72. The lowest BCUT2D eigenvalue weighted by Gasteiger charge is -2.35. The molecule has 12 heteroatoms. The van der Waals surface area contributed by atoms with Crippen LogP contribution in [0.25, 0.3) is 17.1 Å². The normalized spacial score (nSPS) is 18.9. The SMILES string of the molecule is Cc1cc(-c2cn(-c3ccc(NS(=O)(=O)CCO)cc3N3CCC4(CC3)CC4)nn2)nc(N2CCCCC2)n1. The van der Waals surface area contributed by atoms with Crippen molar-refractivity contribution in [2.24, 2.45) is 5.41 Å². The predicted octanol–water partition coefficient (Wildman–Crippen LogP) is 3.14. The van der Waals surface area contributed by atoms with E-state index >= 15 is 0 Å². The number of sulfonamides is 1. The van der Waals surface area contributed by atoms with E-state index in [-0.39, 0.29) is 5.75 Å². The van der Waals surface area contributed by atoms with Gasteiger partial charge in [0.25, 0.3) is 0 Å². The molecule has 3 fully saturated rings. The molecule has 6 rings (SSSR count). The van der Waals surface area contributed by atoms with E-state index in [0.717, 1.165) is 80.6 Å². The first-order valence-corrected chi connectivity index (χ1v) is 15.5. The first-order valence-electron chi connectivity index (χ1n) is 13.9. The van der Waals surface area contributed by atoms with Crippen LogP contribution in [0.4, 0.5) is 17.3 Å². The van der Waals surface area contributed by atoms with E-state index in [1.54, 1.807) is 10.7 Å². The number of piperidine rings is 2. The number of aryl methyl sites for hydroxylation is 1. The number of nitrogens with zero attached hydrogens (tertiary/aromatic N) is 7. The maximum atomic E-state index is 12.3. The molecule has 1 aromatic carbocycles. The minimum atomic E-state index is -3.64. The maximum Gasteiger partial charge on any atom is 0.234 e. The molecular formula is C27H36N8O3S. The van der Waals surface area contributed by atoms with Crippen LogP contribution in [0.2, 0.25) is 0 Å². The molecule has 11 nitrogen and oxygen atoms in total. The second kappa shape index (κ2) is 10.4. The zero-order valence-electron chi connectivity index (χ0n) is 22.4.